The second-order valence-corrected chi connectivity index (χ2v) is 5.31. The Balaban J connectivity index is 1.96. The van der Waals surface area contributed by atoms with Crippen molar-refractivity contribution in [2.24, 2.45) is 5.92 Å². The van der Waals surface area contributed by atoms with Crippen LogP contribution in [0, 0.1) is 5.92 Å². The number of hydrogen-bond acceptors (Lipinski definition) is 3. The molecule has 0 unspecified atom stereocenters. The van der Waals surface area contributed by atoms with Crippen molar-refractivity contribution in [1.29, 1.82) is 0 Å². The minimum Gasteiger partial charge on any atom is -0.345 e. The van der Waals surface area contributed by atoms with Gasteiger partial charge in [-0.2, -0.15) is 0 Å². The van der Waals surface area contributed by atoms with Gasteiger partial charge in [0.25, 0.3) is 5.91 Å². The van der Waals surface area contributed by atoms with Gasteiger partial charge in [0.05, 0.1) is 5.92 Å². The maximum atomic E-state index is 12.1. The van der Waals surface area contributed by atoms with Gasteiger partial charge in [0, 0.05) is 31.9 Å². The van der Waals surface area contributed by atoms with E-state index in [0.717, 1.165) is 31.6 Å². The molecule has 0 bridgehead atoms. The lowest BCUT2D eigenvalue weighted by Crippen LogP contribution is -2.37. The zero-order valence-corrected chi connectivity index (χ0v) is 12.0. The number of carbonyl (C=O) groups is 2. The van der Waals surface area contributed by atoms with E-state index in [1.165, 1.54) is 4.90 Å². The number of anilines is 1. The molecule has 2 N–H and O–H groups in total. The van der Waals surface area contributed by atoms with Gasteiger partial charge in [-0.15, -0.1) is 0 Å². The van der Waals surface area contributed by atoms with Crippen molar-refractivity contribution >= 4 is 17.5 Å². The molecule has 1 aliphatic rings. The molecule has 1 aromatic rings. The van der Waals surface area contributed by atoms with E-state index in [-0.39, 0.29) is 17.7 Å². The van der Waals surface area contributed by atoms with Crippen molar-refractivity contribution in [1.82, 2.24) is 10.2 Å². The standard InChI is InChI=1S/C15H21N3O2/c1-18(2)15(20)11-5-7-13(8-6-11)17-14(19)12-4-3-9-16-10-12/h5-8,12,16H,3-4,9-10H2,1-2H3,(H,17,19)/t12-/m0/s1. The molecular weight excluding hydrogens is 254 g/mol. The fourth-order valence-electron chi connectivity index (χ4n) is 2.27. The molecule has 1 heterocycles. The van der Waals surface area contributed by atoms with Gasteiger partial charge in [-0.3, -0.25) is 9.59 Å². The van der Waals surface area contributed by atoms with E-state index >= 15 is 0 Å². The first-order chi connectivity index (χ1) is 9.58. The smallest absolute Gasteiger partial charge is 0.253 e. The predicted molar refractivity (Wildman–Crippen MR) is 78.7 cm³/mol. The average Bonchev–Trinajstić information content (AvgIpc) is 2.48. The van der Waals surface area contributed by atoms with Gasteiger partial charge in [0.1, 0.15) is 0 Å². The van der Waals surface area contributed by atoms with Crippen LogP contribution in [0.2, 0.25) is 0 Å². The van der Waals surface area contributed by atoms with Crippen molar-refractivity contribution in [3.05, 3.63) is 29.8 Å². The Hall–Kier alpha value is -1.88. The molecule has 0 saturated carbocycles. The first-order valence-electron chi connectivity index (χ1n) is 6.91. The number of carbonyl (C=O) groups excluding carboxylic acids is 2. The number of nitrogens with one attached hydrogen (secondary N) is 2. The maximum Gasteiger partial charge on any atom is 0.253 e. The maximum absolute atomic E-state index is 12.1. The van der Waals surface area contributed by atoms with E-state index in [0.29, 0.717) is 5.56 Å². The highest BCUT2D eigenvalue weighted by atomic mass is 16.2. The van der Waals surface area contributed by atoms with E-state index < -0.39 is 0 Å². The Morgan fingerprint density at radius 2 is 1.95 bits per heavy atom. The molecule has 0 spiro atoms. The SMILES string of the molecule is CN(C)C(=O)c1ccc(NC(=O)[C@H]2CCCNC2)cc1. The van der Waals surface area contributed by atoms with E-state index in [1.807, 2.05) is 0 Å². The molecule has 1 fully saturated rings. The van der Waals surface area contributed by atoms with E-state index in [9.17, 15) is 9.59 Å². The van der Waals surface area contributed by atoms with Crippen LogP contribution in [-0.4, -0.2) is 43.9 Å². The van der Waals surface area contributed by atoms with Crippen LogP contribution in [-0.2, 0) is 4.79 Å². The molecule has 5 nitrogen and oxygen atoms in total. The Morgan fingerprint density at radius 1 is 1.25 bits per heavy atom. The number of nitrogens with zero attached hydrogens (tertiary/aromatic N) is 1. The number of rotatable bonds is 3. The van der Waals surface area contributed by atoms with Crippen LogP contribution >= 0.6 is 0 Å². The van der Waals surface area contributed by atoms with E-state index in [1.54, 1.807) is 38.4 Å². The highest BCUT2D eigenvalue weighted by Crippen LogP contribution is 2.15. The second kappa shape index (κ2) is 6.52. The van der Waals surface area contributed by atoms with Gasteiger partial charge in [-0.25, -0.2) is 0 Å². The third-order valence-electron chi connectivity index (χ3n) is 3.47. The van der Waals surface area contributed by atoms with Crippen LogP contribution in [0.25, 0.3) is 0 Å². The van der Waals surface area contributed by atoms with Crippen LogP contribution in [0.5, 0.6) is 0 Å². The van der Waals surface area contributed by atoms with Crippen LogP contribution < -0.4 is 10.6 Å². The fourth-order valence-corrected chi connectivity index (χ4v) is 2.27. The van der Waals surface area contributed by atoms with Crippen molar-refractivity contribution in [2.45, 2.75) is 12.8 Å². The van der Waals surface area contributed by atoms with Crippen molar-refractivity contribution in [2.75, 3.05) is 32.5 Å². The molecule has 2 rings (SSSR count). The summed E-state index contributed by atoms with van der Waals surface area (Å²) in [5.41, 5.74) is 1.35. The molecule has 108 valence electrons. The summed E-state index contributed by atoms with van der Waals surface area (Å²) >= 11 is 0. The normalized spacial score (nSPS) is 18.4. The fraction of sp³-hybridized carbons (Fsp3) is 0.467. The van der Waals surface area contributed by atoms with Gasteiger partial charge < -0.3 is 15.5 Å². The Bertz CT molecular complexity index is 476. The summed E-state index contributed by atoms with van der Waals surface area (Å²) in [6.45, 7) is 1.73. The summed E-state index contributed by atoms with van der Waals surface area (Å²) in [5.74, 6) is 0.0371. The Kier molecular flexibility index (Phi) is 4.74. The van der Waals surface area contributed by atoms with Gasteiger partial charge in [0.15, 0.2) is 0 Å². The number of piperidine rings is 1. The lowest BCUT2D eigenvalue weighted by Gasteiger charge is -2.21. The minimum absolute atomic E-state index is 0.0341. The summed E-state index contributed by atoms with van der Waals surface area (Å²) < 4.78 is 0. The zero-order chi connectivity index (χ0) is 14.5. The van der Waals surface area contributed by atoms with Crippen molar-refractivity contribution in [3.8, 4) is 0 Å². The van der Waals surface area contributed by atoms with E-state index in [2.05, 4.69) is 10.6 Å². The van der Waals surface area contributed by atoms with Crippen LogP contribution in [0.3, 0.4) is 0 Å². The van der Waals surface area contributed by atoms with Crippen molar-refractivity contribution in [3.63, 3.8) is 0 Å². The van der Waals surface area contributed by atoms with Crippen LogP contribution in [0.1, 0.15) is 23.2 Å². The highest BCUT2D eigenvalue weighted by molar-refractivity contribution is 5.96. The molecule has 1 atom stereocenters. The van der Waals surface area contributed by atoms with E-state index in [4.69, 9.17) is 0 Å². The molecule has 0 aromatic heterocycles. The predicted octanol–water partition coefficient (Wildman–Crippen LogP) is 1.33. The number of hydrogen-bond donors (Lipinski definition) is 2. The van der Waals surface area contributed by atoms with Gasteiger partial charge in [0.2, 0.25) is 5.91 Å². The summed E-state index contributed by atoms with van der Waals surface area (Å²) in [6.07, 6.45) is 1.96. The largest absolute Gasteiger partial charge is 0.345 e. The lowest BCUT2D eigenvalue weighted by atomic mass is 9.99. The second-order valence-electron chi connectivity index (χ2n) is 5.31. The third kappa shape index (κ3) is 3.57. The Labute approximate surface area is 119 Å². The quantitative estimate of drug-likeness (QED) is 0.875. The van der Waals surface area contributed by atoms with Crippen LogP contribution in [0.4, 0.5) is 5.69 Å². The number of amides is 2. The average molecular weight is 275 g/mol. The first kappa shape index (κ1) is 14.5. The molecule has 5 heteroatoms. The topological polar surface area (TPSA) is 61.4 Å². The Morgan fingerprint density at radius 3 is 2.50 bits per heavy atom. The molecule has 0 radical (unpaired) electrons. The van der Waals surface area contributed by atoms with Crippen molar-refractivity contribution < 1.29 is 9.59 Å². The summed E-state index contributed by atoms with van der Waals surface area (Å²) in [4.78, 5) is 25.4. The summed E-state index contributed by atoms with van der Waals surface area (Å²) in [5, 5.41) is 6.13. The number of benzene rings is 1. The highest BCUT2D eigenvalue weighted by Gasteiger charge is 2.20. The summed E-state index contributed by atoms with van der Waals surface area (Å²) in [6, 6.07) is 7.00. The summed E-state index contributed by atoms with van der Waals surface area (Å²) in [7, 11) is 3.43. The first-order valence-corrected chi connectivity index (χ1v) is 6.91. The molecule has 1 saturated heterocycles. The van der Waals surface area contributed by atoms with Crippen LogP contribution in [0.15, 0.2) is 24.3 Å². The van der Waals surface area contributed by atoms with Gasteiger partial charge in [-0.05, 0) is 43.7 Å². The zero-order valence-electron chi connectivity index (χ0n) is 12.0. The third-order valence-corrected chi connectivity index (χ3v) is 3.47. The monoisotopic (exact) mass is 275 g/mol. The molecule has 2 amide bonds. The van der Waals surface area contributed by atoms with Gasteiger partial charge >= 0.3 is 0 Å². The molecule has 20 heavy (non-hydrogen) atoms. The molecule has 1 aliphatic heterocycles. The lowest BCUT2D eigenvalue weighted by molar-refractivity contribution is -0.120. The van der Waals surface area contributed by atoms with Gasteiger partial charge in [-0.1, -0.05) is 0 Å². The molecule has 1 aromatic carbocycles. The molecule has 0 aliphatic carbocycles. The molecular formula is C15H21N3O2. The minimum atomic E-state index is -0.0423.